The molecule has 2 rings (SSSR count). The molecule has 0 fully saturated rings. The molecule has 0 amide bonds. The maximum absolute atomic E-state index is 5.74. The minimum absolute atomic E-state index is 0.506. The molecule has 2 N–H and O–H groups in total. The Hall–Kier alpha value is -2.30. The van der Waals surface area contributed by atoms with E-state index in [0.29, 0.717) is 12.5 Å². The van der Waals surface area contributed by atoms with Gasteiger partial charge in [-0.15, -0.1) is 0 Å². The van der Waals surface area contributed by atoms with Gasteiger partial charge in [0.25, 0.3) is 0 Å². The normalized spacial score (nSPS) is 11.6. The molecule has 5 heteroatoms. The molecule has 0 bridgehead atoms. The lowest BCUT2D eigenvalue weighted by molar-refractivity contribution is 0.607. The third-order valence-electron chi connectivity index (χ3n) is 2.74. The number of hydrogen-bond acceptors (Lipinski definition) is 2. The average molecular weight is 257 g/mol. The van der Waals surface area contributed by atoms with Crippen molar-refractivity contribution in [1.82, 2.24) is 14.7 Å². The molecule has 0 saturated heterocycles. The standard InChI is InChI=1S/C14H19N5/c1-18(2)14(15)16-10-13-8-9-19(17-13)11-12-6-4-3-5-7-12/h3-9H,10-11H2,1-2H3,(H2,15,16). The Balaban J connectivity index is 1.98. The fourth-order valence-corrected chi connectivity index (χ4v) is 1.65. The van der Waals surface area contributed by atoms with E-state index in [1.54, 1.807) is 4.90 Å². The van der Waals surface area contributed by atoms with Crippen molar-refractivity contribution < 1.29 is 0 Å². The molecular formula is C14H19N5. The van der Waals surface area contributed by atoms with E-state index in [0.717, 1.165) is 12.2 Å². The van der Waals surface area contributed by atoms with Crippen molar-refractivity contribution in [3.8, 4) is 0 Å². The monoisotopic (exact) mass is 257 g/mol. The van der Waals surface area contributed by atoms with Crippen LogP contribution in [0.3, 0.4) is 0 Å². The molecular weight excluding hydrogens is 238 g/mol. The lowest BCUT2D eigenvalue weighted by Crippen LogP contribution is -2.30. The number of nitrogens with zero attached hydrogens (tertiary/aromatic N) is 4. The lowest BCUT2D eigenvalue weighted by Gasteiger charge is -2.09. The van der Waals surface area contributed by atoms with Crippen molar-refractivity contribution in [3.05, 3.63) is 53.9 Å². The number of rotatable bonds is 4. The molecule has 0 aliphatic heterocycles. The second kappa shape index (κ2) is 6.04. The van der Waals surface area contributed by atoms with E-state index < -0.39 is 0 Å². The van der Waals surface area contributed by atoms with E-state index in [9.17, 15) is 0 Å². The maximum atomic E-state index is 5.74. The third kappa shape index (κ3) is 3.84. The van der Waals surface area contributed by atoms with Gasteiger partial charge in [0.2, 0.25) is 0 Å². The van der Waals surface area contributed by atoms with Gasteiger partial charge in [-0.25, -0.2) is 4.99 Å². The van der Waals surface area contributed by atoms with Gasteiger partial charge in [0.1, 0.15) is 0 Å². The predicted molar refractivity (Wildman–Crippen MR) is 76.8 cm³/mol. The second-order valence-corrected chi connectivity index (χ2v) is 4.56. The molecule has 1 heterocycles. The largest absolute Gasteiger partial charge is 0.370 e. The molecule has 0 atom stereocenters. The second-order valence-electron chi connectivity index (χ2n) is 4.56. The van der Waals surface area contributed by atoms with Crippen LogP contribution in [0.5, 0.6) is 0 Å². The number of benzene rings is 1. The van der Waals surface area contributed by atoms with Gasteiger partial charge >= 0.3 is 0 Å². The predicted octanol–water partition coefficient (Wildman–Crippen LogP) is 1.31. The summed E-state index contributed by atoms with van der Waals surface area (Å²) in [6.07, 6.45) is 1.96. The van der Waals surface area contributed by atoms with Crippen LogP contribution in [-0.4, -0.2) is 34.7 Å². The zero-order chi connectivity index (χ0) is 13.7. The van der Waals surface area contributed by atoms with E-state index in [-0.39, 0.29) is 0 Å². The summed E-state index contributed by atoms with van der Waals surface area (Å²) in [6.45, 7) is 1.28. The van der Waals surface area contributed by atoms with Crippen LogP contribution >= 0.6 is 0 Å². The van der Waals surface area contributed by atoms with Crippen LogP contribution in [0, 0.1) is 0 Å². The van der Waals surface area contributed by atoms with Gasteiger partial charge in [-0.3, -0.25) is 4.68 Å². The summed E-state index contributed by atoms with van der Waals surface area (Å²) >= 11 is 0. The lowest BCUT2D eigenvalue weighted by atomic mass is 10.2. The molecule has 0 spiro atoms. The smallest absolute Gasteiger partial charge is 0.191 e. The van der Waals surface area contributed by atoms with Crippen LogP contribution < -0.4 is 5.73 Å². The Morgan fingerprint density at radius 1 is 1.26 bits per heavy atom. The summed E-state index contributed by atoms with van der Waals surface area (Å²) < 4.78 is 1.91. The Labute approximate surface area is 113 Å². The number of aliphatic imine (C=N–C) groups is 1. The number of nitrogens with two attached hydrogens (primary N) is 1. The van der Waals surface area contributed by atoms with Gasteiger partial charge in [-0.05, 0) is 11.6 Å². The molecule has 1 aromatic carbocycles. The van der Waals surface area contributed by atoms with Crippen LogP contribution in [0.15, 0.2) is 47.6 Å². The third-order valence-corrected chi connectivity index (χ3v) is 2.74. The van der Waals surface area contributed by atoms with Gasteiger partial charge in [0, 0.05) is 20.3 Å². The molecule has 0 aliphatic rings. The van der Waals surface area contributed by atoms with Crippen LogP contribution in [0.2, 0.25) is 0 Å². The van der Waals surface area contributed by atoms with Gasteiger partial charge in [-0.2, -0.15) is 5.10 Å². The first-order valence-electron chi connectivity index (χ1n) is 6.18. The van der Waals surface area contributed by atoms with Crippen LogP contribution in [0.1, 0.15) is 11.3 Å². The Bertz CT molecular complexity index is 542. The first-order chi connectivity index (χ1) is 9.15. The molecule has 0 saturated carbocycles. The van der Waals surface area contributed by atoms with E-state index in [1.807, 2.05) is 49.2 Å². The molecule has 100 valence electrons. The van der Waals surface area contributed by atoms with Crippen molar-refractivity contribution in [2.24, 2.45) is 10.7 Å². The number of hydrogen-bond donors (Lipinski definition) is 1. The van der Waals surface area contributed by atoms with Gasteiger partial charge in [0.05, 0.1) is 18.8 Å². The fourth-order valence-electron chi connectivity index (χ4n) is 1.65. The Morgan fingerprint density at radius 2 is 2.00 bits per heavy atom. The summed E-state index contributed by atoms with van der Waals surface area (Å²) in [5, 5.41) is 4.47. The summed E-state index contributed by atoms with van der Waals surface area (Å²) in [5.41, 5.74) is 7.88. The van der Waals surface area contributed by atoms with E-state index in [2.05, 4.69) is 22.2 Å². The first kappa shape index (κ1) is 13.1. The van der Waals surface area contributed by atoms with Crippen molar-refractivity contribution in [2.45, 2.75) is 13.1 Å². The summed E-state index contributed by atoms with van der Waals surface area (Å²) in [4.78, 5) is 6.04. The fraction of sp³-hybridized carbons (Fsp3) is 0.286. The topological polar surface area (TPSA) is 59.4 Å². The summed E-state index contributed by atoms with van der Waals surface area (Å²) in [5.74, 6) is 0.512. The number of guanidine groups is 1. The Kier molecular flexibility index (Phi) is 4.18. The summed E-state index contributed by atoms with van der Waals surface area (Å²) in [6, 6.07) is 12.2. The van der Waals surface area contributed by atoms with Crippen LogP contribution in [0.25, 0.3) is 0 Å². The highest BCUT2D eigenvalue weighted by Crippen LogP contribution is 2.04. The van der Waals surface area contributed by atoms with E-state index >= 15 is 0 Å². The maximum Gasteiger partial charge on any atom is 0.191 e. The zero-order valence-corrected chi connectivity index (χ0v) is 11.3. The quantitative estimate of drug-likeness (QED) is 0.663. The molecule has 0 aliphatic carbocycles. The van der Waals surface area contributed by atoms with E-state index in [1.165, 1.54) is 5.56 Å². The minimum atomic E-state index is 0.506. The van der Waals surface area contributed by atoms with Crippen LogP contribution in [0.4, 0.5) is 0 Å². The molecule has 19 heavy (non-hydrogen) atoms. The summed E-state index contributed by atoms with van der Waals surface area (Å²) in [7, 11) is 3.74. The van der Waals surface area contributed by atoms with Gasteiger partial charge < -0.3 is 10.6 Å². The molecule has 2 aromatic rings. The Morgan fingerprint density at radius 3 is 2.68 bits per heavy atom. The van der Waals surface area contributed by atoms with Crippen molar-refractivity contribution in [1.29, 1.82) is 0 Å². The number of aromatic nitrogens is 2. The highest BCUT2D eigenvalue weighted by Gasteiger charge is 2.00. The molecule has 0 radical (unpaired) electrons. The van der Waals surface area contributed by atoms with Crippen molar-refractivity contribution in [2.75, 3.05) is 14.1 Å². The molecule has 0 unspecified atom stereocenters. The zero-order valence-electron chi connectivity index (χ0n) is 11.3. The van der Waals surface area contributed by atoms with Crippen LogP contribution in [-0.2, 0) is 13.1 Å². The van der Waals surface area contributed by atoms with Crippen molar-refractivity contribution >= 4 is 5.96 Å². The average Bonchev–Trinajstić information content (AvgIpc) is 2.84. The molecule has 5 nitrogen and oxygen atoms in total. The SMILES string of the molecule is CN(C)C(N)=NCc1ccn(Cc2ccccc2)n1. The highest BCUT2D eigenvalue weighted by atomic mass is 15.3. The molecule has 1 aromatic heterocycles. The highest BCUT2D eigenvalue weighted by molar-refractivity contribution is 5.77. The van der Waals surface area contributed by atoms with Gasteiger partial charge in [0.15, 0.2) is 5.96 Å². The van der Waals surface area contributed by atoms with Gasteiger partial charge in [-0.1, -0.05) is 30.3 Å². The van der Waals surface area contributed by atoms with Crippen molar-refractivity contribution in [3.63, 3.8) is 0 Å². The van der Waals surface area contributed by atoms with E-state index in [4.69, 9.17) is 5.73 Å². The minimum Gasteiger partial charge on any atom is -0.370 e. The first-order valence-corrected chi connectivity index (χ1v) is 6.18.